The van der Waals surface area contributed by atoms with E-state index in [0.29, 0.717) is 22.2 Å². The average Bonchev–Trinajstić information content (AvgIpc) is 2.83. The van der Waals surface area contributed by atoms with Crippen molar-refractivity contribution in [3.05, 3.63) is 110 Å². The van der Waals surface area contributed by atoms with Crippen LogP contribution in [0.5, 0.6) is 0 Å². The Kier molecular flexibility index (Phi) is 5.93. The number of fused-ring (bicyclic) bond motifs is 1. The van der Waals surface area contributed by atoms with Gasteiger partial charge in [-0.15, -0.1) is 0 Å². The number of halogens is 1. The SMILES string of the molecule is Cc1ccc(C(=O)N(C)C(C)c2nc3ccccc3c(=O)n2-c2ccc(F)cc2)cc1[N+](=O)[O-]. The molecule has 1 heterocycles. The maximum atomic E-state index is 13.6. The van der Waals surface area contributed by atoms with Crippen LogP contribution in [0.2, 0.25) is 0 Å². The summed E-state index contributed by atoms with van der Waals surface area (Å²) in [6.07, 6.45) is 0. The number of rotatable bonds is 5. The number of aromatic nitrogens is 2. The summed E-state index contributed by atoms with van der Waals surface area (Å²) in [4.78, 5) is 43.4. The minimum Gasteiger partial charge on any atom is -0.332 e. The maximum Gasteiger partial charge on any atom is 0.273 e. The Hall–Kier alpha value is -4.40. The van der Waals surface area contributed by atoms with Crippen LogP contribution in [-0.4, -0.2) is 32.3 Å². The molecule has 34 heavy (non-hydrogen) atoms. The quantitative estimate of drug-likeness (QED) is 0.321. The predicted octanol–water partition coefficient (Wildman–Crippen LogP) is 4.57. The average molecular weight is 460 g/mol. The van der Waals surface area contributed by atoms with Crippen LogP contribution in [0, 0.1) is 22.9 Å². The molecule has 0 aliphatic rings. The number of hydrogen-bond acceptors (Lipinski definition) is 5. The number of carbonyl (C=O) groups excluding carboxylic acids is 1. The number of nitro benzene ring substituents is 1. The van der Waals surface area contributed by atoms with Gasteiger partial charge in [0.15, 0.2) is 0 Å². The monoisotopic (exact) mass is 460 g/mol. The molecule has 3 aromatic carbocycles. The van der Waals surface area contributed by atoms with Crippen molar-refractivity contribution in [3.8, 4) is 5.69 Å². The zero-order chi connectivity index (χ0) is 24.6. The molecule has 0 bridgehead atoms. The van der Waals surface area contributed by atoms with E-state index in [1.807, 2.05) is 0 Å². The molecule has 9 heteroatoms. The summed E-state index contributed by atoms with van der Waals surface area (Å²) in [5.41, 5.74) is 0.935. The van der Waals surface area contributed by atoms with Gasteiger partial charge in [-0.1, -0.05) is 18.2 Å². The van der Waals surface area contributed by atoms with Gasteiger partial charge in [0.2, 0.25) is 0 Å². The molecule has 4 aromatic rings. The van der Waals surface area contributed by atoms with Crippen molar-refractivity contribution < 1.29 is 14.1 Å². The number of amides is 1. The Balaban J connectivity index is 1.84. The first kappa shape index (κ1) is 22.8. The molecular formula is C25H21FN4O4. The second-order valence-corrected chi connectivity index (χ2v) is 7.95. The lowest BCUT2D eigenvalue weighted by molar-refractivity contribution is -0.385. The van der Waals surface area contributed by atoms with E-state index in [9.17, 15) is 24.1 Å². The molecule has 0 aliphatic carbocycles. The number of nitro groups is 1. The van der Waals surface area contributed by atoms with Gasteiger partial charge in [0.05, 0.1) is 27.6 Å². The molecule has 1 amide bonds. The lowest BCUT2D eigenvalue weighted by atomic mass is 10.1. The van der Waals surface area contributed by atoms with Gasteiger partial charge < -0.3 is 4.90 Å². The molecule has 0 spiro atoms. The maximum absolute atomic E-state index is 13.6. The topological polar surface area (TPSA) is 98.3 Å². The largest absolute Gasteiger partial charge is 0.332 e. The van der Waals surface area contributed by atoms with Gasteiger partial charge in [-0.05, 0) is 56.3 Å². The van der Waals surface area contributed by atoms with Crippen LogP contribution in [0.25, 0.3) is 16.6 Å². The summed E-state index contributed by atoms with van der Waals surface area (Å²) in [6.45, 7) is 3.30. The number of aryl methyl sites for hydroxylation is 1. The molecule has 172 valence electrons. The standard InChI is InChI=1S/C25H21FN4O4/c1-15-8-9-17(14-22(15)30(33)34)24(31)28(3)16(2)23-27-21-7-5-4-6-20(21)25(32)29(23)19-12-10-18(26)11-13-19/h4-14,16H,1-3H3. The normalized spacial score (nSPS) is 11.9. The predicted molar refractivity (Wildman–Crippen MR) is 126 cm³/mol. The Morgan fingerprint density at radius 2 is 1.79 bits per heavy atom. The lowest BCUT2D eigenvalue weighted by Crippen LogP contribution is -2.35. The van der Waals surface area contributed by atoms with Gasteiger partial charge in [0.1, 0.15) is 11.6 Å². The van der Waals surface area contributed by atoms with Crippen molar-refractivity contribution in [2.75, 3.05) is 7.05 Å². The number of para-hydroxylation sites is 1. The van der Waals surface area contributed by atoms with Crippen LogP contribution in [0.3, 0.4) is 0 Å². The molecular weight excluding hydrogens is 439 g/mol. The number of carbonyl (C=O) groups is 1. The molecule has 0 saturated carbocycles. The number of hydrogen-bond donors (Lipinski definition) is 0. The smallest absolute Gasteiger partial charge is 0.273 e. The first-order chi connectivity index (χ1) is 16.2. The lowest BCUT2D eigenvalue weighted by Gasteiger charge is -2.27. The molecule has 1 unspecified atom stereocenters. The molecule has 0 radical (unpaired) electrons. The molecule has 0 fully saturated rings. The number of nitrogens with zero attached hydrogens (tertiary/aromatic N) is 4. The van der Waals surface area contributed by atoms with E-state index in [0.717, 1.165) is 0 Å². The first-order valence-electron chi connectivity index (χ1n) is 10.5. The number of benzene rings is 3. The van der Waals surface area contributed by atoms with E-state index in [1.54, 1.807) is 38.1 Å². The summed E-state index contributed by atoms with van der Waals surface area (Å²) in [5.74, 6) is -0.648. The van der Waals surface area contributed by atoms with Crippen molar-refractivity contribution in [1.82, 2.24) is 14.5 Å². The fourth-order valence-corrected chi connectivity index (χ4v) is 3.76. The zero-order valence-corrected chi connectivity index (χ0v) is 18.7. The summed E-state index contributed by atoms with van der Waals surface area (Å²) in [6, 6.07) is 15.8. The van der Waals surface area contributed by atoms with Crippen molar-refractivity contribution in [1.29, 1.82) is 0 Å². The molecule has 0 N–H and O–H groups in total. The van der Waals surface area contributed by atoms with Crippen LogP contribution in [-0.2, 0) is 0 Å². The third kappa shape index (κ3) is 4.03. The minimum absolute atomic E-state index is 0.142. The van der Waals surface area contributed by atoms with Crippen molar-refractivity contribution in [2.45, 2.75) is 19.9 Å². The Morgan fingerprint density at radius 3 is 2.47 bits per heavy atom. The van der Waals surface area contributed by atoms with Gasteiger partial charge in [-0.25, -0.2) is 9.37 Å². The van der Waals surface area contributed by atoms with E-state index in [1.165, 1.54) is 59.0 Å². The van der Waals surface area contributed by atoms with Gasteiger partial charge in [-0.2, -0.15) is 0 Å². The van der Waals surface area contributed by atoms with Crippen LogP contribution >= 0.6 is 0 Å². The van der Waals surface area contributed by atoms with Crippen LogP contribution in [0.15, 0.2) is 71.5 Å². The van der Waals surface area contributed by atoms with Crippen LogP contribution < -0.4 is 5.56 Å². The van der Waals surface area contributed by atoms with Crippen molar-refractivity contribution in [2.24, 2.45) is 0 Å². The molecule has 1 aromatic heterocycles. The highest BCUT2D eigenvalue weighted by molar-refractivity contribution is 5.95. The third-order valence-corrected chi connectivity index (χ3v) is 5.81. The summed E-state index contributed by atoms with van der Waals surface area (Å²) in [5, 5.41) is 11.7. The summed E-state index contributed by atoms with van der Waals surface area (Å²) in [7, 11) is 1.54. The second kappa shape index (κ2) is 8.86. The molecule has 0 saturated heterocycles. The van der Waals surface area contributed by atoms with Crippen molar-refractivity contribution >= 4 is 22.5 Å². The first-order valence-corrected chi connectivity index (χ1v) is 10.5. The van der Waals surface area contributed by atoms with E-state index in [-0.39, 0.29) is 22.6 Å². The van der Waals surface area contributed by atoms with Crippen LogP contribution in [0.4, 0.5) is 10.1 Å². The third-order valence-electron chi connectivity index (χ3n) is 5.81. The van der Waals surface area contributed by atoms with E-state index in [2.05, 4.69) is 4.98 Å². The Morgan fingerprint density at radius 1 is 1.12 bits per heavy atom. The molecule has 8 nitrogen and oxygen atoms in total. The molecule has 1 atom stereocenters. The summed E-state index contributed by atoms with van der Waals surface area (Å²) < 4.78 is 14.9. The van der Waals surface area contributed by atoms with Crippen molar-refractivity contribution in [3.63, 3.8) is 0 Å². The fourth-order valence-electron chi connectivity index (χ4n) is 3.76. The van der Waals surface area contributed by atoms with E-state index < -0.39 is 22.7 Å². The van der Waals surface area contributed by atoms with E-state index >= 15 is 0 Å². The zero-order valence-electron chi connectivity index (χ0n) is 18.7. The van der Waals surface area contributed by atoms with Gasteiger partial charge >= 0.3 is 0 Å². The Bertz CT molecular complexity index is 1480. The van der Waals surface area contributed by atoms with E-state index in [4.69, 9.17) is 0 Å². The van der Waals surface area contributed by atoms with Gasteiger partial charge in [0, 0.05) is 24.2 Å². The molecule has 4 rings (SSSR count). The second-order valence-electron chi connectivity index (χ2n) is 7.95. The minimum atomic E-state index is -0.699. The van der Waals surface area contributed by atoms with Gasteiger partial charge in [-0.3, -0.25) is 24.3 Å². The summed E-state index contributed by atoms with van der Waals surface area (Å²) >= 11 is 0. The van der Waals surface area contributed by atoms with Crippen LogP contribution in [0.1, 0.15) is 34.7 Å². The highest BCUT2D eigenvalue weighted by atomic mass is 19.1. The Labute approximate surface area is 194 Å². The fraction of sp³-hybridized carbons (Fsp3) is 0.160. The van der Waals surface area contributed by atoms with Gasteiger partial charge in [0.25, 0.3) is 17.2 Å². The highest BCUT2D eigenvalue weighted by Crippen LogP contribution is 2.25. The highest BCUT2D eigenvalue weighted by Gasteiger charge is 2.26. The molecule has 0 aliphatic heterocycles.